The van der Waals surface area contributed by atoms with E-state index in [0.29, 0.717) is 18.1 Å². The summed E-state index contributed by atoms with van der Waals surface area (Å²) in [5.74, 6) is 1.65. The Kier molecular flexibility index (Phi) is 2.00. The summed E-state index contributed by atoms with van der Waals surface area (Å²) in [5.41, 5.74) is 0.285. The summed E-state index contributed by atoms with van der Waals surface area (Å²) < 4.78 is 11.9. The average Bonchev–Trinajstić information content (AvgIpc) is 3.02. The van der Waals surface area contributed by atoms with E-state index in [1.165, 1.54) is 24.2 Å². The fraction of sp³-hybridized carbons (Fsp3) is 0.538. The largest absolute Gasteiger partial charge is 0.478 e. The van der Waals surface area contributed by atoms with E-state index in [-0.39, 0.29) is 5.44 Å². The Morgan fingerprint density at radius 2 is 2.12 bits per heavy atom. The van der Waals surface area contributed by atoms with Gasteiger partial charge in [0.15, 0.2) is 5.44 Å². The first kappa shape index (κ1) is 9.37. The van der Waals surface area contributed by atoms with Crippen molar-refractivity contribution < 1.29 is 9.47 Å². The van der Waals surface area contributed by atoms with E-state index in [0.717, 1.165) is 5.75 Å². The number of hydrogen-bond acceptors (Lipinski definition) is 3. The molecule has 4 unspecified atom stereocenters. The third-order valence-electron chi connectivity index (χ3n) is 3.84. The van der Waals surface area contributed by atoms with Crippen LogP contribution in [0.2, 0.25) is 0 Å². The van der Waals surface area contributed by atoms with Gasteiger partial charge in [-0.2, -0.15) is 0 Å². The van der Waals surface area contributed by atoms with Crippen molar-refractivity contribution in [2.45, 2.75) is 41.8 Å². The molecule has 84 valence electrons. The standard InChI is InChI=1S/C13H14O2S/c1-2-4-12-11(3-1)15-13(16-12)9-7-8-5-6-10(9)14-8/h1-4,8-10,13H,5-7H2. The molecule has 0 radical (unpaired) electrons. The lowest BCUT2D eigenvalue weighted by Gasteiger charge is -2.23. The van der Waals surface area contributed by atoms with Gasteiger partial charge >= 0.3 is 0 Å². The monoisotopic (exact) mass is 234 g/mol. The summed E-state index contributed by atoms with van der Waals surface area (Å²) in [6.45, 7) is 0. The summed E-state index contributed by atoms with van der Waals surface area (Å²) in [6.07, 6.45) is 4.65. The Bertz CT molecular complexity index is 395. The zero-order chi connectivity index (χ0) is 10.5. The fourth-order valence-electron chi connectivity index (χ4n) is 3.06. The van der Waals surface area contributed by atoms with Crippen LogP contribution in [0.5, 0.6) is 5.75 Å². The van der Waals surface area contributed by atoms with Gasteiger partial charge in [-0.25, -0.2) is 0 Å². The molecule has 2 nitrogen and oxygen atoms in total. The van der Waals surface area contributed by atoms with Gasteiger partial charge in [-0.05, 0) is 31.4 Å². The zero-order valence-electron chi connectivity index (χ0n) is 8.96. The normalized spacial score (nSPS) is 39.8. The van der Waals surface area contributed by atoms with Gasteiger partial charge in [-0.1, -0.05) is 23.9 Å². The number of fused-ring (bicyclic) bond motifs is 3. The molecule has 3 heteroatoms. The molecule has 3 heterocycles. The van der Waals surface area contributed by atoms with Crippen molar-refractivity contribution in [2.24, 2.45) is 5.92 Å². The highest BCUT2D eigenvalue weighted by Gasteiger charge is 2.47. The predicted octanol–water partition coefficient (Wildman–Crippen LogP) is 3.06. The molecule has 2 bridgehead atoms. The first-order valence-corrected chi connectivity index (χ1v) is 6.86. The number of thioether (sulfide) groups is 1. The van der Waals surface area contributed by atoms with Crippen LogP contribution in [-0.2, 0) is 4.74 Å². The first-order valence-electron chi connectivity index (χ1n) is 5.98. The Balaban J connectivity index is 1.56. The van der Waals surface area contributed by atoms with Gasteiger partial charge in [0.1, 0.15) is 5.75 Å². The van der Waals surface area contributed by atoms with Crippen molar-refractivity contribution in [1.82, 2.24) is 0 Å². The second-order valence-corrected chi connectivity index (χ2v) is 5.96. The molecular formula is C13H14O2S. The van der Waals surface area contributed by atoms with Crippen molar-refractivity contribution in [1.29, 1.82) is 0 Å². The number of para-hydroxylation sites is 1. The minimum atomic E-state index is 0.285. The third-order valence-corrected chi connectivity index (χ3v) is 5.11. The van der Waals surface area contributed by atoms with Gasteiger partial charge < -0.3 is 9.47 Å². The highest BCUT2D eigenvalue weighted by molar-refractivity contribution is 8.00. The number of benzene rings is 1. The van der Waals surface area contributed by atoms with Crippen LogP contribution in [-0.4, -0.2) is 17.6 Å². The molecule has 1 aromatic carbocycles. The molecular weight excluding hydrogens is 220 g/mol. The van der Waals surface area contributed by atoms with Crippen molar-refractivity contribution >= 4 is 11.8 Å². The Labute approximate surface area is 99.3 Å². The van der Waals surface area contributed by atoms with E-state index < -0.39 is 0 Å². The maximum atomic E-state index is 6.03. The van der Waals surface area contributed by atoms with Gasteiger partial charge in [0.25, 0.3) is 0 Å². The van der Waals surface area contributed by atoms with Gasteiger partial charge in [0, 0.05) is 5.92 Å². The summed E-state index contributed by atoms with van der Waals surface area (Å²) in [6, 6.07) is 8.33. The van der Waals surface area contributed by atoms with Crippen molar-refractivity contribution in [3.05, 3.63) is 24.3 Å². The summed E-state index contributed by atoms with van der Waals surface area (Å²) in [4.78, 5) is 1.29. The van der Waals surface area contributed by atoms with Crippen molar-refractivity contribution in [2.75, 3.05) is 0 Å². The molecule has 2 fully saturated rings. The van der Waals surface area contributed by atoms with E-state index in [1.54, 1.807) is 0 Å². The Morgan fingerprint density at radius 3 is 2.88 bits per heavy atom. The van der Waals surface area contributed by atoms with Gasteiger partial charge in [0.2, 0.25) is 0 Å². The van der Waals surface area contributed by atoms with Crippen LogP contribution in [0.1, 0.15) is 19.3 Å². The van der Waals surface area contributed by atoms with Crippen LogP contribution in [0, 0.1) is 5.92 Å². The molecule has 3 aliphatic heterocycles. The minimum absolute atomic E-state index is 0.285. The minimum Gasteiger partial charge on any atom is -0.478 e. The van der Waals surface area contributed by atoms with Gasteiger partial charge in [-0.3, -0.25) is 0 Å². The lowest BCUT2D eigenvalue weighted by molar-refractivity contribution is 0.0780. The maximum absolute atomic E-state index is 6.03. The molecule has 0 amide bonds. The first-order chi connectivity index (χ1) is 7.90. The molecule has 0 saturated carbocycles. The molecule has 4 atom stereocenters. The highest BCUT2D eigenvalue weighted by atomic mass is 32.2. The smallest absolute Gasteiger partial charge is 0.154 e. The average molecular weight is 234 g/mol. The van der Waals surface area contributed by atoms with Crippen LogP contribution in [0.15, 0.2) is 29.2 Å². The van der Waals surface area contributed by atoms with Crippen molar-refractivity contribution in [3.8, 4) is 5.75 Å². The second-order valence-electron chi connectivity index (χ2n) is 4.82. The van der Waals surface area contributed by atoms with E-state index in [4.69, 9.17) is 9.47 Å². The van der Waals surface area contributed by atoms with E-state index in [9.17, 15) is 0 Å². The quantitative estimate of drug-likeness (QED) is 0.744. The SMILES string of the molecule is c1ccc2c(c1)OC(C1CC3CCC1O3)S2. The predicted molar refractivity (Wildman–Crippen MR) is 62.7 cm³/mol. The molecule has 3 aliphatic rings. The lowest BCUT2D eigenvalue weighted by atomic mass is 9.90. The molecule has 4 rings (SSSR count). The molecule has 0 aromatic heterocycles. The Hall–Kier alpha value is -0.670. The summed E-state index contributed by atoms with van der Waals surface area (Å²) in [7, 11) is 0. The fourth-order valence-corrected chi connectivity index (χ4v) is 4.31. The van der Waals surface area contributed by atoms with E-state index in [1.807, 2.05) is 17.8 Å². The van der Waals surface area contributed by atoms with Crippen LogP contribution < -0.4 is 4.74 Å². The molecule has 1 aromatic rings. The third kappa shape index (κ3) is 1.31. The molecule has 16 heavy (non-hydrogen) atoms. The van der Waals surface area contributed by atoms with Crippen LogP contribution in [0.4, 0.5) is 0 Å². The van der Waals surface area contributed by atoms with E-state index in [2.05, 4.69) is 18.2 Å². The summed E-state index contributed by atoms with van der Waals surface area (Å²) >= 11 is 1.87. The van der Waals surface area contributed by atoms with Gasteiger partial charge in [0.05, 0.1) is 17.1 Å². The van der Waals surface area contributed by atoms with Crippen LogP contribution >= 0.6 is 11.8 Å². The molecule has 2 saturated heterocycles. The highest BCUT2D eigenvalue weighted by Crippen LogP contribution is 2.50. The van der Waals surface area contributed by atoms with E-state index >= 15 is 0 Å². The topological polar surface area (TPSA) is 18.5 Å². The molecule has 0 N–H and O–H groups in total. The lowest BCUT2D eigenvalue weighted by Crippen LogP contribution is -2.29. The second kappa shape index (κ2) is 3.41. The van der Waals surface area contributed by atoms with Gasteiger partial charge in [-0.15, -0.1) is 0 Å². The van der Waals surface area contributed by atoms with Crippen molar-refractivity contribution in [3.63, 3.8) is 0 Å². The molecule has 0 aliphatic carbocycles. The molecule has 0 spiro atoms. The summed E-state index contributed by atoms with van der Waals surface area (Å²) in [5, 5.41) is 0. The number of ether oxygens (including phenoxy) is 2. The Morgan fingerprint density at radius 1 is 1.19 bits per heavy atom. The maximum Gasteiger partial charge on any atom is 0.154 e. The van der Waals surface area contributed by atoms with Crippen LogP contribution in [0.3, 0.4) is 0 Å². The number of hydrogen-bond donors (Lipinski definition) is 0. The zero-order valence-corrected chi connectivity index (χ0v) is 9.78. The number of rotatable bonds is 1. The van der Waals surface area contributed by atoms with Crippen LogP contribution in [0.25, 0.3) is 0 Å².